The molecule has 0 fully saturated rings. The van der Waals surface area contributed by atoms with Gasteiger partial charge in [-0.3, -0.25) is 14.2 Å². The van der Waals surface area contributed by atoms with Crippen molar-refractivity contribution in [3.05, 3.63) is 79.7 Å². The van der Waals surface area contributed by atoms with Crippen LogP contribution in [0.3, 0.4) is 0 Å². The van der Waals surface area contributed by atoms with Gasteiger partial charge >= 0.3 is 5.69 Å². The number of rotatable bonds is 4. The van der Waals surface area contributed by atoms with E-state index in [-0.39, 0.29) is 28.2 Å². The lowest BCUT2D eigenvalue weighted by molar-refractivity contribution is -0.121. The molecule has 4 aromatic rings. The van der Waals surface area contributed by atoms with Gasteiger partial charge in [-0.05, 0) is 24.3 Å². The first-order chi connectivity index (χ1) is 13.9. The number of benzene rings is 2. The fraction of sp³-hybridized carbons (Fsp3) is 0.150. The summed E-state index contributed by atoms with van der Waals surface area (Å²) in [6, 6.07) is 11.0. The molecular weight excluding hydrogens is 401 g/mol. The van der Waals surface area contributed by atoms with Crippen LogP contribution in [0, 0.1) is 5.82 Å². The predicted molar refractivity (Wildman–Crippen MR) is 107 cm³/mol. The molecule has 7 nitrogen and oxygen atoms in total. The van der Waals surface area contributed by atoms with E-state index < -0.39 is 29.5 Å². The van der Waals surface area contributed by atoms with Crippen molar-refractivity contribution in [1.29, 1.82) is 0 Å². The number of carbonyl (C=O) groups excluding carboxylic acids is 1. The summed E-state index contributed by atoms with van der Waals surface area (Å²) in [5, 5.41) is 3.04. The zero-order valence-corrected chi connectivity index (χ0v) is 16.0. The second-order valence-electron chi connectivity index (χ2n) is 6.41. The number of amides is 1. The van der Waals surface area contributed by atoms with Gasteiger partial charge in [-0.25, -0.2) is 13.8 Å². The second kappa shape index (κ2) is 7.21. The van der Waals surface area contributed by atoms with E-state index in [2.05, 4.69) is 5.32 Å². The van der Waals surface area contributed by atoms with Gasteiger partial charge in [0.05, 0.1) is 6.54 Å². The van der Waals surface area contributed by atoms with Crippen LogP contribution in [-0.2, 0) is 17.9 Å². The molecule has 0 radical (unpaired) electrons. The number of fused-ring (bicyclic) bond motifs is 3. The van der Waals surface area contributed by atoms with Crippen molar-refractivity contribution in [2.45, 2.75) is 13.1 Å². The Hall–Kier alpha value is -3.39. The first-order valence-electron chi connectivity index (χ1n) is 8.70. The van der Waals surface area contributed by atoms with E-state index in [1.165, 1.54) is 29.8 Å². The Balaban J connectivity index is 2.09. The predicted octanol–water partition coefficient (Wildman–Crippen LogP) is 2.50. The van der Waals surface area contributed by atoms with E-state index in [1.54, 1.807) is 24.3 Å². The summed E-state index contributed by atoms with van der Waals surface area (Å²) < 4.78 is 22.0. The largest absolute Gasteiger partial charge is 0.449 e. The Labute approximate surface area is 167 Å². The van der Waals surface area contributed by atoms with Gasteiger partial charge in [0.25, 0.3) is 5.56 Å². The Kier molecular flexibility index (Phi) is 4.71. The van der Waals surface area contributed by atoms with E-state index in [1.807, 2.05) is 0 Å². The molecule has 0 aliphatic heterocycles. The van der Waals surface area contributed by atoms with Crippen molar-refractivity contribution in [3.8, 4) is 0 Å². The summed E-state index contributed by atoms with van der Waals surface area (Å²) in [6.45, 7) is -0.732. The van der Waals surface area contributed by atoms with Crippen LogP contribution < -0.4 is 16.6 Å². The molecule has 0 bridgehead atoms. The van der Waals surface area contributed by atoms with E-state index in [9.17, 15) is 18.8 Å². The molecule has 0 spiro atoms. The standard InChI is InChI=1S/C20H15ClFN3O4/c1-23-16(26)10-25-19(27)18-17(11-5-2-3-8-15(11)29-18)24(20(25)28)9-12-13(21)6-4-7-14(12)22/h2-8H,9-10H2,1H3,(H,23,26). The van der Waals surface area contributed by atoms with Crippen molar-refractivity contribution in [2.75, 3.05) is 7.05 Å². The Morgan fingerprint density at radius 1 is 1.14 bits per heavy atom. The summed E-state index contributed by atoms with van der Waals surface area (Å²) in [5.41, 5.74) is -0.888. The Bertz CT molecular complexity index is 1370. The molecule has 0 aliphatic rings. The Morgan fingerprint density at radius 2 is 1.90 bits per heavy atom. The summed E-state index contributed by atoms with van der Waals surface area (Å²) in [6.07, 6.45) is 0. The number of nitrogens with one attached hydrogen (secondary N) is 1. The highest BCUT2D eigenvalue weighted by molar-refractivity contribution is 6.31. The fourth-order valence-electron chi connectivity index (χ4n) is 3.25. The molecule has 2 aromatic heterocycles. The number of para-hydroxylation sites is 1. The quantitative estimate of drug-likeness (QED) is 0.555. The number of furan rings is 1. The molecule has 0 unspecified atom stereocenters. The number of likely N-dealkylation sites (N-methyl/N-ethyl adjacent to an activating group) is 1. The number of halogens is 2. The molecule has 0 saturated heterocycles. The topological polar surface area (TPSA) is 86.2 Å². The molecule has 2 heterocycles. The number of aromatic nitrogens is 2. The summed E-state index contributed by atoms with van der Waals surface area (Å²) >= 11 is 6.14. The van der Waals surface area contributed by atoms with Gasteiger partial charge < -0.3 is 9.73 Å². The van der Waals surface area contributed by atoms with Crippen LogP contribution in [0.2, 0.25) is 5.02 Å². The average molecular weight is 416 g/mol. The fourth-order valence-corrected chi connectivity index (χ4v) is 3.47. The molecule has 1 N–H and O–H groups in total. The van der Waals surface area contributed by atoms with Crippen molar-refractivity contribution in [3.63, 3.8) is 0 Å². The molecular formula is C20H15ClFN3O4. The molecule has 0 saturated carbocycles. The van der Waals surface area contributed by atoms with Crippen LogP contribution in [0.1, 0.15) is 5.56 Å². The molecule has 2 aromatic carbocycles. The van der Waals surface area contributed by atoms with Crippen LogP contribution in [0.25, 0.3) is 22.1 Å². The van der Waals surface area contributed by atoms with Crippen LogP contribution in [0.15, 0.2) is 56.5 Å². The third kappa shape index (κ3) is 3.11. The van der Waals surface area contributed by atoms with Crippen molar-refractivity contribution in [1.82, 2.24) is 14.5 Å². The van der Waals surface area contributed by atoms with E-state index in [0.29, 0.717) is 11.0 Å². The van der Waals surface area contributed by atoms with Crippen LogP contribution in [0.4, 0.5) is 4.39 Å². The van der Waals surface area contributed by atoms with Gasteiger partial charge in [-0.1, -0.05) is 29.8 Å². The lowest BCUT2D eigenvalue weighted by Gasteiger charge is -2.13. The average Bonchev–Trinajstić information content (AvgIpc) is 3.10. The van der Waals surface area contributed by atoms with E-state index in [0.717, 1.165) is 4.57 Å². The zero-order chi connectivity index (χ0) is 20.7. The number of nitrogens with zero attached hydrogens (tertiary/aromatic N) is 2. The summed E-state index contributed by atoms with van der Waals surface area (Å²) in [5.74, 6) is -1.12. The monoisotopic (exact) mass is 415 g/mol. The minimum Gasteiger partial charge on any atom is -0.449 e. The number of hydrogen-bond acceptors (Lipinski definition) is 4. The minimum absolute atomic E-state index is 0.0907. The smallest absolute Gasteiger partial charge is 0.332 e. The maximum atomic E-state index is 14.4. The molecule has 9 heteroatoms. The van der Waals surface area contributed by atoms with Crippen LogP contribution >= 0.6 is 11.6 Å². The lowest BCUT2D eigenvalue weighted by atomic mass is 10.2. The lowest BCUT2D eigenvalue weighted by Crippen LogP contribution is -2.43. The van der Waals surface area contributed by atoms with Gasteiger partial charge in [0, 0.05) is 23.0 Å². The second-order valence-corrected chi connectivity index (χ2v) is 6.82. The first kappa shape index (κ1) is 18.9. The van der Waals surface area contributed by atoms with Gasteiger partial charge in [0.2, 0.25) is 11.5 Å². The number of carbonyl (C=O) groups is 1. The van der Waals surface area contributed by atoms with Gasteiger partial charge in [-0.15, -0.1) is 0 Å². The molecule has 1 amide bonds. The highest BCUT2D eigenvalue weighted by atomic mass is 35.5. The first-order valence-corrected chi connectivity index (χ1v) is 9.08. The Morgan fingerprint density at radius 3 is 2.62 bits per heavy atom. The molecule has 29 heavy (non-hydrogen) atoms. The molecule has 0 atom stereocenters. The van der Waals surface area contributed by atoms with Crippen molar-refractivity contribution >= 4 is 39.6 Å². The zero-order valence-electron chi connectivity index (χ0n) is 15.2. The normalized spacial score (nSPS) is 11.3. The highest BCUT2D eigenvalue weighted by Gasteiger charge is 2.22. The van der Waals surface area contributed by atoms with E-state index in [4.69, 9.17) is 16.0 Å². The number of hydrogen-bond donors (Lipinski definition) is 1. The third-order valence-corrected chi connectivity index (χ3v) is 5.05. The summed E-state index contributed by atoms with van der Waals surface area (Å²) in [4.78, 5) is 37.9. The molecule has 0 aliphatic carbocycles. The van der Waals surface area contributed by atoms with Crippen LogP contribution in [-0.4, -0.2) is 22.1 Å². The molecule has 4 rings (SSSR count). The van der Waals surface area contributed by atoms with Crippen molar-refractivity contribution in [2.24, 2.45) is 0 Å². The van der Waals surface area contributed by atoms with Gasteiger partial charge in [-0.2, -0.15) is 0 Å². The van der Waals surface area contributed by atoms with Gasteiger partial charge in [0.1, 0.15) is 23.5 Å². The summed E-state index contributed by atoms with van der Waals surface area (Å²) in [7, 11) is 1.39. The van der Waals surface area contributed by atoms with E-state index >= 15 is 0 Å². The van der Waals surface area contributed by atoms with Gasteiger partial charge in [0.15, 0.2) is 0 Å². The van der Waals surface area contributed by atoms with Crippen LogP contribution in [0.5, 0.6) is 0 Å². The third-order valence-electron chi connectivity index (χ3n) is 4.70. The van der Waals surface area contributed by atoms with Crippen molar-refractivity contribution < 1.29 is 13.6 Å². The SMILES string of the molecule is CNC(=O)Cn1c(=O)c2oc3ccccc3c2n(Cc2c(F)cccc2Cl)c1=O. The molecule has 148 valence electrons. The highest BCUT2D eigenvalue weighted by Crippen LogP contribution is 2.27. The minimum atomic E-state index is -0.767. The maximum Gasteiger partial charge on any atom is 0.332 e. The maximum absolute atomic E-state index is 14.4.